The maximum absolute atomic E-state index is 12.2. The van der Waals surface area contributed by atoms with Crippen LogP contribution >= 0.6 is 15.9 Å². The molecule has 0 atom stereocenters. The predicted molar refractivity (Wildman–Crippen MR) is 99.2 cm³/mol. The highest BCUT2D eigenvalue weighted by Crippen LogP contribution is 2.22. The van der Waals surface area contributed by atoms with E-state index in [-0.39, 0.29) is 12.2 Å². The van der Waals surface area contributed by atoms with Gasteiger partial charge in [-0.05, 0) is 36.1 Å². The first-order chi connectivity index (χ1) is 11.6. The van der Waals surface area contributed by atoms with Crippen LogP contribution < -0.4 is 0 Å². The van der Waals surface area contributed by atoms with Crippen LogP contribution in [0.2, 0.25) is 0 Å². The Morgan fingerprint density at radius 2 is 1.25 bits per heavy atom. The number of benzene rings is 2. The molecule has 0 saturated carbocycles. The molecular formula is C20H21BrO3. The molecule has 4 heteroatoms. The van der Waals surface area contributed by atoms with Crippen LogP contribution in [0, 0.1) is 0 Å². The van der Waals surface area contributed by atoms with E-state index in [0.29, 0.717) is 12.8 Å². The monoisotopic (exact) mass is 388 g/mol. The molecule has 0 fully saturated rings. The molecule has 0 radical (unpaired) electrons. The summed E-state index contributed by atoms with van der Waals surface area (Å²) in [6.07, 6.45) is 3.99. The Morgan fingerprint density at radius 3 is 1.79 bits per heavy atom. The number of hydrogen-bond donors (Lipinski definition) is 1. The van der Waals surface area contributed by atoms with Gasteiger partial charge in [0.1, 0.15) is 0 Å². The summed E-state index contributed by atoms with van der Waals surface area (Å²) in [5.74, 6) is -0.604. The van der Waals surface area contributed by atoms with Crippen molar-refractivity contribution in [1.29, 1.82) is 0 Å². The lowest BCUT2D eigenvalue weighted by Crippen LogP contribution is -1.99. The highest BCUT2D eigenvalue weighted by Gasteiger charge is 2.06. The zero-order valence-corrected chi connectivity index (χ0v) is 15.1. The maximum atomic E-state index is 12.2. The normalized spacial score (nSPS) is 10.5. The van der Waals surface area contributed by atoms with Gasteiger partial charge in [-0.15, -0.1) is 0 Å². The lowest BCUT2D eigenvalue weighted by atomic mass is 10.00. The van der Waals surface area contributed by atoms with E-state index in [2.05, 4.69) is 15.9 Å². The Morgan fingerprint density at radius 1 is 0.750 bits per heavy atom. The summed E-state index contributed by atoms with van der Waals surface area (Å²) in [6, 6.07) is 15.8. The Hall–Kier alpha value is -1.94. The van der Waals surface area contributed by atoms with Gasteiger partial charge in [0.2, 0.25) is 0 Å². The minimum absolute atomic E-state index is 0.149. The summed E-state index contributed by atoms with van der Waals surface area (Å²) in [5, 5.41) is 8.57. The summed E-state index contributed by atoms with van der Waals surface area (Å²) in [5.41, 5.74) is 2.95. The third-order valence-electron chi connectivity index (χ3n) is 3.93. The Labute approximate surface area is 150 Å². The highest BCUT2D eigenvalue weighted by atomic mass is 79.9. The van der Waals surface area contributed by atoms with Gasteiger partial charge in [0.15, 0.2) is 5.78 Å². The van der Waals surface area contributed by atoms with Crippen molar-refractivity contribution in [2.24, 2.45) is 0 Å². The molecule has 3 nitrogen and oxygen atoms in total. The van der Waals surface area contributed by atoms with Crippen LogP contribution in [0.15, 0.2) is 53.0 Å². The number of rotatable bonds is 9. The Bertz CT molecular complexity index is 675. The van der Waals surface area contributed by atoms with Gasteiger partial charge >= 0.3 is 5.97 Å². The molecule has 0 aliphatic heterocycles. The van der Waals surface area contributed by atoms with Crippen molar-refractivity contribution < 1.29 is 14.7 Å². The standard InChI is InChI=1S/C20H21BrO3/c21-18-13-11-16(12-14-18)15-7-9-17(10-8-15)19(22)5-3-1-2-4-6-20(23)24/h7-14H,1-6H2,(H,23,24). The molecule has 0 unspecified atom stereocenters. The number of hydrogen-bond acceptors (Lipinski definition) is 2. The smallest absolute Gasteiger partial charge is 0.303 e. The fourth-order valence-corrected chi connectivity index (χ4v) is 2.81. The van der Waals surface area contributed by atoms with Gasteiger partial charge in [0.25, 0.3) is 0 Å². The average molecular weight is 389 g/mol. The third kappa shape index (κ3) is 5.93. The lowest BCUT2D eigenvalue weighted by molar-refractivity contribution is -0.137. The fourth-order valence-electron chi connectivity index (χ4n) is 2.55. The zero-order chi connectivity index (χ0) is 17.4. The molecule has 24 heavy (non-hydrogen) atoms. The van der Waals surface area contributed by atoms with Gasteiger partial charge in [0, 0.05) is 22.9 Å². The minimum Gasteiger partial charge on any atom is -0.481 e. The maximum Gasteiger partial charge on any atom is 0.303 e. The number of Topliss-reactive ketones (excluding diaryl/α,β-unsaturated/α-hetero) is 1. The van der Waals surface area contributed by atoms with Gasteiger partial charge in [-0.3, -0.25) is 9.59 Å². The van der Waals surface area contributed by atoms with E-state index in [1.807, 2.05) is 48.5 Å². The number of halogens is 1. The van der Waals surface area contributed by atoms with Crippen molar-refractivity contribution in [3.05, 3.63) is 58.6 Å². The van der Waals surface area contributed by atoms with Crippen LogP contribution in [0.5, 0.6) is 0 Å². The van der Waals surface area contributed by atoms with Gasteiger partial charge < -0.3 is 5.11 Å². The number of unbranched alkanes of at least 4 members (excludes halogenated alkanes) is 3. The van der Waals surface area contributed by atoms with Gasteiger partial charge in [-0.2, -0.15) is 0 Å². The number of carbonyl (C=O) groups excluding carboxylic acids is 1. The molecule has 126 valence electrons. The van der Waals surface area contributed by atoms with Crippen molar-refractivity contribution >= 4 is 27.7 Å². The quantitative estimate of drug-likeness (QED) is 0.441. The third-order valence-corrected chi connectivity index (χ3v) is 4.46. The van der Waals surface area contributed by atoms with Crippen molar-refractivity contribution in [1.82, 2.24) is 0 Å². The first kappa shape index (κ1) is 18.4. The predicted octanol–water partition coefficient (Wildman–Crippen LogP) is 5.72. The highest BCUT2D eigenvalue weighted by molar-refractivity contribution is 9.10. The number of carbonyl (C=O) groups is 2. The second kappa shape index (κ2) is 9.38. The molecule has 0 aliphatic carbocycles. The second-order valence-corrected chi connectivity index (χ2v) is 6.73. The number of ketones is 1. The average Bonchev–Trinajstić information content (AvgIpc) is 2.58. The Balaban J connectivity index is 1.81. The van der Waals surface area contributed by atoms with Crippen molar-refractivity contribution in [3.8, 4) is 11.1 Å². The second-order valence-electron chi connectivity index (χ2n) is 5.82. The molecule has 0 bridgehead atoms. The topological polar surface area (TPSA) is 54.4 Å². The van der Waals surface area contributed by atoms with E-state index in [1.165, 1.54) is 0 Å². The molecule has 2 aromatic carbocycles. The van der Waals surface area contributed by atoms with Crippen molar-refractivity contribution in [2.75, 3.05) is 0 Å². The summed E-state index contributed by atoms with van der Waals surface area (Å²) in [4.78, 5) is 22.6. The van der Waals surface area contributed by atoms with Crippen LogP contribution in [0.4, 0.5) is 0 Å². The number of carboxylic acids is 1. The molecular weight excluding hydrogens is 368 g/mol. The van der Waals surface area contributed by atoms with Crippen molar-refractivity contribution in [3.63, 3.8) is 0 Å². The first-order valence-corrected chi connectivity index (χ1v) is 8.96. The van der Waals surface area contributed by atoms with E-state index in [0.717, 1.165) is 40.4 Å². The van der Waals surface area contributed by atoms with Gasteiger partial charge in [-0.1, -0.05) is 65.2 Å². The molecule has 0 aromatic heterocycles. The largest absolute Gasteiger partial charge is 0.481 e. The molecule has 1 N–H and O–H groups in total. The van der Waals surface area contributed by atoms with Crippen LogP contribution in [-0.2, 0) is 4.79 Å². The van der Waals surface area contributed by atoms with E-state index in [9.17, 15) is 9.59 Å². The molecule has 0 spiro atoms. The molecule has 2 aromatic rings. The van der Waals surface area contributed by atoms with Gasteiger partial charge in [0.05, 0.1) is 0 Å². The van der Waals surface area contributed by atoms with Crippen LogP contribution in [-0.4, -0.2) is 16.9 Å². The van der Waals surface area contributed by atoms with Crippen LogP contribution in [0.1, 0.15) is 48.9 Å². The van der Waals surface area contributed by atoms with Crippen LogP contribution in [0.3, 0.4) is 0 Å². The summed E-state index contributed by atoms with van der Waals surface area (Å²) >= 11 is 3.42. The van der Waals surface area contributed by atoms with Crippen LogP contribution in [0.25, 0.3) is 11.1 Å². The summed E-state index contributed by atoms with van der Waals surface area (Å²) in [7, 11) is 0. The summed E-state index contributed by atoms with van der Waals surface area (Å²) in [6.45, 7) is 0. The SMILES string of the molecule is O=C(O)CCCCCCC(=O)c1ccc(-c2ccc(Br)cc2)cc1. The fraction of sp³-hybridized carbons (Fsp3) is 0.300. The molecule has 2 rings (SSSR count). The molecule has 0 amide bonds. The van der Waals surface area contributed by atoms with Gasteiger partial charge in [-0.25, -0.2) is 0 Å². The van der Waals surface area contributed by atoms with E-state index in [4.69, 9.17) is 5.11 Å². The van der Waals surface area contributed by atoms with E-state index >= 15 is 0 Å². The molecule has 0 saturated heterocycles. The van der Waals surface area contributed by atoms with E-state index < -0.39 is 5.97 Å². The zero-order valence-electron chi connectivity index (χ0n) is 13.5. The lowest BCUT2D eigenvalue weighted by Gasteiger charge is -2.05. The number of carboxylic acid groups (broad SMARTS) is 1. The molecule has 0 heterocycles. The minimum atomic E-state index is -0.753. The Kier molecular flexibility index (Phi) is 7.19. The first-order valence-electron chi connectivity index (χ1n) is 8.17. The molecule has 0 aliphatic rings. The number of aliphatic carboxylic acids is 1. The van der Waals surface area contributed by atoms with E-state index in [1.54, 1.807) is 0 Å². The van der Waals surface area contributed by atoms with Crippen molar-refractivity contribution in [2.45, 2.75) is 38.5 Å². The summed E-state index contributed by atoms with van der Waals surface area (Å²) < 4.78 is 1.04.